The number of benzene rings is 1. The van der Waals surface area contributed by atoms with Crippen molar-refractivity contribution >= 4 is 57.1 Å². The van der Waals surface area contributed by atoms with Crippen LogP contribution in [0.1, 0.15) is 17.2 Å². The summed E-state index contributed by atoms with van der Waals surface area (Å²) in [7, 11) is 0. The molecule has 1 unspecified atom stereocenters. The van der Waals surface area contributed by atoms with Gasteiger partial charge in [0.05, 0.1) is 8.99 Å². The Morgan fingerprint density at radius 2 is 1.94 bits per heavy atom. The Morgan fingerprint density at radius 1 is 1.29 bits per heavy atom. The minimum absolute atomic E-state index is 0.436. The van der Waals surface area contributed by atoms with Gasteiger partial charge in [-0.15, -0.1) is 11.3 Å². The molecule has 17 heavy (non-hydrogen) atoms. The third kappa shape index (κ3) is 3.35. The van der Waals surface area contributed by atoms with Gasteiger partial charge in [0.2, 0.25) is 0 Å². The van der Waals surface area contributed by atoms with Crippen molar-refractivity contribution in [3.63, 3.8) is 0 Å². The van der Waals surface area contributed by atoms with Crippen molar-refractivity contribution in [1.29, 1.82) is 0 Å². The molecule has 1 atom stereocenters. The molecule has 1 N–H and O–H groups in total. The molecular weight excluding hydrogens is 390 g/mol. The highest BCUT2D eigenvalue weighted by molar-refractivity contribution is 14.1. The van der Waals surface area contributed by atoms with Gasteiger partial charge in [-0.2, -0.15) is 0 Å². The van der Waals surface area contributed by atoms with E-state index in [0.717, 1.165) is 14.0 Å². The molecule has 0 saturated carbocycles. The van der Waals surface area contributed by atoms with Crippen molar-refractivity contribution < 1.29 is 5.11 Å². The Balaban J connectivity index is 2.21. The van der Waals surface area contributed by atoms with Gasteiger partial charge in [-0.05, 0) is 57.3 Å². The van der Waals surface area contributed by atoms with Gasteiger partial charge >= 0.3 is 0 Å². The number of aliphatic hydroxyl groups is 1. The zero-order valence-corrected chi connectivity index (χ0v) is 13.1. The van der Waals surface area contributed by atoms with E-state index >= 15 is 0 Å². The molecule has 0 amide bonds. The van der Waals surface area contributed by atoms with Crippen molar-refractivity contribution in [3.8, 4) is 0 Å². The fourth-order valence-corrected chi connectivity index (χ4v) is 3.51. The highest BCUT2D eigenvalue weighted by Gasteiger charge is 2.14. The second kappa shape index (κ2) is 5.89. The Morgan fingerprint density at radius 3 is 2.47 bits per heavy atom. The lowest BCUT2D eigenvalue weighted by atomic mass is 10.0. The summed E-state index contributed by atoms with van der Waals surface area (Å²) in [6, 6.07) is 7.34. The summed E-state index contributed by atoms with van der Waals surface area (Å²) < 4.78 is 1.15. The van der Waals surface area contributed by atoms with Gasteiger partial charge in [0, 0.05) is 16.5 Å². The maximum absolute atomic E-state index is 10.1. The summed E-state index contributed by atoms with van der Waals surface area (Å²) in [5.74, 6) is 0. The first-order valence-electron chi connectivity index (χ1n) is 4.93. The van der Waals surface area contributed by atoms with E-state index in [4.69, 9.17) is 23.2 Å². The van der Waals surface area contributed by atoms with E-state index in [1.54, 1.807) is 29.5 Å². The highest BCUT2D eigenvalue weighted by Crippen LogP contribution is 2.31. The van der Waals surface area contributed by atoms with Crippen LogP contribution >= 0.6 is 57.1 Å². The fraction of sp³-hybridized carbons (Fsp3) is 0.167. The molecule has 0 aliphatic carbocycles. The number of hydrogen-bond donors (Lipinski definition) is 1. The van der Waals surface area contributed by atoms with Gasteiger partial charge in [0.15, 0.2) is 0 Å². The van der Waals surface area contributed by atoms with Crippen LogP contribution in [0.2, 0.25) is 10.0 Å². The molecule has 0 radical (unpaired) electrons. The summed E-state index contributed by atoms with van der Waals surface area (Å²) >= 11 is 16.0. The molecule has 1 nitrogen and oxygen atoms in total. The van der Waals surface area contributed by atoms with Gasteiger partial charge in [-0.3, -0.25) is 0 Å². The zero-order chi connectivity index (χ0) is 12.4. The number of rotatable bonds is 3. The maximum atomic E-state index is 10.1. The van der Waals surface area contributed by atoms with Crippen LogP contribution in [-0.2, 0) is 6.42 Å². The number of thiophene rings is 1. The Bertz CT molecular complexity index is 507. The van der Waals surface area contributed by atoms with Crippen molar-refractivity contribution in [1.82, 2.24) is 0 Å². The van der Waals surface area contributed by atoms with Crippen LogP contribution < -0.4 is 0 Å². The number of hydrogen-bond acceptors (Lipinski definition) is 2. The molecule has 0 saturated heterocycles. The molecule has 90 valence electrons. The predicted octanol–water partition coefficient (Wildman–Crippen LogP) is 4.94. The van der Waals surface area contributed by atoms with Crippen molar-refractivity contribution in [3.05, 3.63) is 53.7 Å². The lowest BCUT2D eigenvalue weighted by Gasteiger charge is -2.11. The lowest BCUT2D eigenvalue weighted by molar-refractivity contribution is 0.179. The summed E-state index contributed by atoms with van der Waals surface area (Å²) in [6.45, 7) is 0. The van der Waals surface area contributed by atoms with Crippen LogP contribution in [0.3, 0.4) is 0 Å². The normalized spacial score (nSPS) is 12.7. The predicted molar refractivity (Wildman–Crippen MR) is 82.2 cm³/mol. The van der Waals surface area contributed by atoms with Crippen LogP contribution in [0, 0.1) is 2.88 Å². The van der Waals surface area contributed by atoms with E-state index in [0.29, 0.717) is 16.5 Å². The SMILES string of the molecule is OC(Cc1c(Cl)cccc1Cl)c1csc(I)c1. The minimum Gasteiger partial charge on any atom is -0.388 e. The Kier molecular flexibility index (Phi) is 4.72. The van der Waals surface area contributed by atoms with Gasteiger partial charge in [-0.25, -0.2) is 0 Å². The molecule has 5 heteroatoms. The molecule has 0 spiro atoms. The third-order valence-corrected chi connectivity index (χ3v) is 4.95. The molecule has 1 aromatic carbocycles. The lowest BCUT2D eigenvalue weighted by Crippen LogP contribution is -2.01. The van der Waals surface area contributed by atoms with Crippen LogP contribution in [0.5, 0.6) is 0 Å². The van der Waals surface area contributed by atoms with E-state index in [1.807, 2.05) is 11.4 Å². The maximum Gasteiger partial charge on any atom is 0.0839 e. The molecule has 2 aromatic rings. The fourth-order valence-electron chi connectivity index (χ4n) is 1.54. The van der Waals surface area contributed by atoms with E-state index in [9.17, 15) is 5.11 Å². The van der Waals surface area contributed by atoms with Crippen LogP contribution in [0.4, 0.5) is 0 Å². The Hall–Kier alpha value is 0.190. The quantitative estimate of drug-likeness (QED) is 0.726. The van der Waals surface area contributed by atoms with Gasteiger partial charge in [0.1, 0.15) is 0 Å². The van der Waals surface area contributed by atoms with E-state index in [2.05, 4.69) is 22.6 Å². The van der Waals surface area contributed by atoms with E-state index in [-0.39, 0.29) is 0 Å². The highest BCUT2D eigenvalue weighted by atomic mass is 127. The summed E-state index contributed by atoms with van der Waals surface area (Å²) in [5, 5.41) is 13.3. The van der Waals surface area contributed by atoms with Gasteiger partial charge in [0.25, 0.3) is 0 Å². The molecule has 0 aliphatic rings. The average molecular weight is 399 g/mol. The third-order valence-electron chi connectivity index (χ3n) is 2.43. The smallest absolute Gasteiger partial charge is 0.0839 e. The number of aliphatic hydroxyl groups excluding tert-OH is 1. The van der Waals surface area contributed by atoms with Crippen LogP contribution in [-0.4, -0.2) is 5.11 Å². The first kappa shape index (κ1) is 13.6. The molecule has 0 aliphatic heterocycles. The Labute approximate surface area is 128 Å². The first-order valence-corrected chi connectivity index (χ1v) is 7.64. The minimum atomic E-state index is -0.563. The largest absolute Gasteiger partial charge is 0.388 e. The average Bonchev–Trinajstić information content (AvgIpc) is 2.70. The standard InChI is InChI=1S/C12H9Cl2IOS/c13-9-2-1-3-10(14)8(9)5-11(16)7-4-12(15)17-6-7/h1-4,6,11,16H,5H2. The van der Waals surface area contributed by atoms with Gasteiger partial charge in [-0.1, -0.05) is 29.3 Å². The van der Waals surface area contributed by atoms with E-state index in [1.165, 1.54) is 0 Å². The summed E-state index contributed by atoms with van der Waals surface area (Å²) in [5.41, 5.74) is 1.71. The number of halogens is 3. The summed E-state index contributed by atoms with van der Waals surface area (Å²) in [4.78, 5) is 0. The zero-order valence-electron chi connectivity index (χ0n) is 8.66. The monoisotopic (exact) mass is 398 g/mol. The van der Waals surface area contributed by atoms with Crippen molar-refractivity contribution in [2.24, 2.45) is 0 Å². The molecule has 1 heterocycles. The van der Waals surface area contributed by atoms with Gasteiger partial charge < -0.3 is 5.11 Å². The van der Waals surface area contributed by atoms with Crippen molar-refractivity contribution in [2.75, 3.05) is 0 Å². The van der Waals surface area contributed by atoms with Crippen molar-refractivity contribution in [2.45, 2.75) is 12.5 Å². The van der Waals surface area contributed by atoms with E-state index < -0.39 is 6.10 Å². The second-order valence-corrected chi connectivity index (χ2v) is 7.22. The van der Waals surface area contributed by atoms with Crippen LogP contribution in [0.15, 0.2) is 29.6 Å². The molecule has 2 rings (SSSR count). The second-order valence-electron chi connectivity index (χ2n) is 3.60. The summed E-state index contributed by atoms with van der Waals surface area (Å²) in [6.07, 6.45) is -0.127. The topological polar surface area (TPSA) is 20.2 Å². The molecule has 0 bridgehead atoms. The first-order chi connectivity index (χ1) is 8.08. The molecule has 0 fully saturated rings. The molecular formula is C12H9Cl2IOS. The van der Waals surface area contributed by atoms with Crippen LogP contribution in [0.25, 0.3) is 0 Å². The molecule has 1 aromatic heterocycles.